The lowest BCUT2D eigenvalue weighted by atomic mass is 10.1. The Balaban J connectivity index is 1.23. The maximum Gasteiger partial charge on any atom is 0.217 e. The maximum absolute atomic E-state index is 12.5. The number of aromatic nitrogens is 4. The quantitative estimate of drug-likeness (QED) is 0.610. The van der Waals surface area contributed by atoms with Crippen LogP contribution >= 0.6 is 0 Å². The highest BCUT2D eigenvalue weighted by Crippen LogP contribution is 2.40. The van der Waals surface area contributed by atoms with E-state index in [1.807, 2.05) is 24.3 Å². The van der Waals surface area contributed by atoms with Crippen molar-refractivity contribution in [3.05, 3.63) is 30.6 Å². The molecule has 0 unspecified atom stereocenters. The Morgan fingerprint density at radius 1 is 1.09 bits per heavy atom. The summed E-state index contributed by atoms with van der Waals surface area (Å²) in [6.07, 6.45) is 5.29. The van der Waals surface area contributed by atoms with Crippen LogP contribution in [0.25, 0.3) is 22.3 Å². The minimum Gasteiger partial charge on any atom is -0.488 e. The molecule has 1 aliphatic heterocycles. The zero-order chi connectivity index (χ0) is 21.9. The number of ether oxygens (including phenoxy) is 1. The number of aromatic amines is 1. The van der Waals surface area contributed by atoms with Crippen LogP contribution in [0.1, 0.15) is 32.6 Å². The maximum atomic E-state index is 12.5. The van der Waals surface area contributed by atoms with Gasteiger partial charge in [-0.25, -0.2) is 18.4 Å². The van der Waals surface area contributed by atoms with Gasteiger partial charge in [0.2, 0.25) is 10.0 Å². The van der Waals surface area contributed by atoms with Gasteiger partial charge in [0, 0.05) is 37.6 Å². The molecular weight excluding hydrogens is 428 g/mol. The van der Waals surface area contributed by atoms with Crippen molar-refractivity contribution >= 4 is 26.7 Å². The highest BCUT2D eigenvalue weighted by molar-refractivity contribution is 7.90. The van der Waals surface area contributed by atoms with Crippen LogP contribution in [0.3, 0.4) is 0 Å². The summed E-state index contributed by atoms with van der Waals surface area (Å²) >= 11 is 0. The lowest BCUT2D eigenvalue weighted by Crippen LogP contribution is -2.49. The highest BCUT2D eigenvalue weighted by atomic mass is 32.2. The van der Waals surface area contributed by atoms with Crippen molar-refractivity contribution in [3.8, 4) is 17.1 Å². The number of hydrogen-bond acceptors (Lipinski definition) is 7. The van der Waals surface area contributed by atoms with Crippen LogP contribution in [0.4, 0.5) is 5.82 Å². The average molecular weight is 455 g/mol. The van der Waals surface area contributed by atoms with Crippen molar-refractivity contribution in [2.24, 2.45) is 0 Å². The van der Waals surface area contributed by atoms with Crippen LogP contribution in [-0.2, 0) is 10.0 Å². The normalized spacial score (nSPS) is 21.1. The molecule has 32 heavy (non-hydrogen) atoms. The number of rotatable bonds is 6. The zero-order valence-corrected chi connectivity index (χ0v) is 18.8. The molecule has 0 amide bonds. The lowest BCUT2D eigenvalue weighted by Gasteiger charge is -2.34. The number of anilines is 1. The molecule has 0 atom stereocenters. The summed E-state index contributed by atoms with van der Waals surface area (Å²) in [6, 6.07) is 7.89. The van der Waals surface area contributed by atoms with E-state index in [1.165, 1.54) is 0 Å². The third-order valence-electron chi connectivity index (χ3n) is 6.62. The number of fused-ring (bicyclic) bond motifs is 1. The largest absolute Gasteiger partial charge is 0.488 e. The van der Waals surface area contributed by atoms with Gasteiger partial charge < -0.3 is 9.64 Å². The van der Waals surface area contributed by atoms with Gasteiger partial charge in [0.1, 0.15) is 29.2 Å². The topological polar surface area (TPSA) is 104 Å². The molecule has 2 aromatic heterocycles. The van der Waals surface area contributed by atoms with E-state index in [9.17, 15) is 8.42 Å². The summed E-state index contributed by atoms with van der Waals surface area (Å²) in [7, 11) is -3.13. The third kappa shape index (κ3) is 3.61. The van der Waals surface area contributed by atoms with E-state index in [0.717, 1.165) is 59.5 Å². The monoisotopic (exact) mass is 454 g/mol. The van der Waals surface area contributed by atoms with Gasteiger partial charge in [-0.2, -0.15) is 9.40 Å². The second-order valence-electron chi connectivity index (χ2n) is 9.22. The number of benzene rings is 1. The van der Waals surface area contributed by atoms with Gasteiger partial charge in [0.15, 0.2) is 0 Å². The standard InChI is InChI=1S/C22H26N6O3S/c1-22(6-7-22)31-15-2-5-18-17(12-15)21(26-25-18)19-13-20(24-14-23-19)27-8-10-28(11-9-27)32(29,30)16-3-4-16/h2,5,12-14,16H,3-4,6-11H2,1H3,(H,25,26). The van der Waals surface area contributed by atoms with Crippen molar-refractivity contribution in [2.45, 2.75) is 43.5 Å². The predicted octanol–water partition coefficient (Wildman–Crippen LogP) is 2.57. The molecule has 1 N–H and O–H groups in total. The molecule has 9 nitrogen and oxygen atoms in total. The van der Waals surface area contributed by atoms with Crippen LogP contribution in [0.15, 0.2) is 30.6 Å². The number of nitrogens with one attached hydrogen (secondary N) is 1. The van der Waals surface area contributed by atoms with E-state index in [-0.39, 0.29) is 10.9 Å². The Hall–Kier alpha value is -2.72. The summed E-state index contributed by atoms with van der Waals surface area (Å²) in [4.78, 5) is 11.0. The first-order valence-electron chi connectivity index (χ1n) is 11.1. The number of sulfonamides is 1. The molecule has 3 fully saturated rings. The average Bonchev–Trinajstić information content (AvgIpc) is 3.73. The van der Waals surface area contributed by atoms with Crippen molar-refractivity contribution in [3.63, 3.8) is 0 Å². The first-order chi connectivity index (χ1) is 15.4. The van der Waals surface area contributed by atoms with Gasteiger partial charge in [0.25, 0.3) is 0 Å². The van der Waals surface area contributed by atoms with E-state index in [2.05, 4.69) is 32.0 Å². The fraction of sp³-hybridized carbons (Fsp3) is 0.500. The molecule has 2 saturated carbocycles. The summed E-state index contributed by atoms with van der Waals surface area (Å²) in [6.45, 7) is 4.33. The van der Waals surface area contributed by atoms with Crippen LogP contribution in [0.5, 0.6) is 5.75 Å². The zero-order valence-electron chi connectivity index (χ0n) is 18.0. The number of H-pyrrole nitrogens is 1. The summed E-state index contributed by atoms with van der Waals surface area (Å²) < 4.78 is 32.8. The Kier molecular flexibility index (Phi) is 4.45. The minimum atomic E-state index is -3.13. The molecule has 1 aromatic carbocycles. The molecule has 0 radical (unpaired) electrons. The second-order valence-corrected chi connectivity index (χ2v) is 11.4. The Bertz CT molecular complexity index is 1270. The van der Waals surface area contributed by atoms with Crippen molar-refractivity contribution < 1.29 is 13.2 Å². The number of nitrogens with zero attached hydrogens (tertiary/aromatic N) is 5. The Labute approximate surface area is 186 Å². The lowest BCUT2D eigenvalue weighted by molar-refractivity contribution is 0.200. The van der Waals surface area contributed by atoms with E-state index in [4.69, 9.17) is 4.74 Å². The molecule has 10 heteroatoms. The van der Waals surface area contributed by atoms with Gasteiger partial charge in [-0.1, -0.05) is 0 Å². The third-order valence-corrected chi connectivity index (χ3v) is 9.01. The molecule has 0 bridgehead atoms. The van der Waals surface area contributed by atoms with E-state index < -0.39 is 10.0 Å². The first kappa shape index (κ1) is 19.9. The SMILES string of the molecule is CC1(Oc2ccc3[nH]nc(-c4cc(N5CCN(S(=O)(=O)C6CC6)CC5)ncn4)c3c2)CC1. The van der Waals surface area contributed by atoms with Crippen LogP contribution in [0.2, 0.25) is 0 Å². The van der Waals surface area contributed by atoms with Crippen molar-refractivity contribution in [1.29, 1.82) is 0 Å². The van der Waals surface area contributed by atoms with Crippen molar-refractivity contribution in [2.75, 3.05) is 31.1 Å². The molecule has 3 heterocycles. The van der Waals surface area contributed by atoms with Gasteiger partial charge in [-0.3, -0.25) is 5.10 Å². The van der Waals surface area contributed by atoms with Gasteiger partial charge in [0.05, 0.1) is 16.5 Å². The minimum absolute atomic E-state index is 0.0468. The Morgan fingerprint density at radius 3 is 2.59 bits per heavy atom. The van der Waals surface area contributed by atoms with Gasteiger partial charge >= 0.3 is 0 Å². The van der Waals surface area contributed by atoms with E-state index >= 15 is 0 Å². The van der Waals surface area contributed by atoms with Crippen LogP contribution in [0, 0.1) is 0 Å². The predicted molar refractivity (Wildman–Crippen MR) is 121 cm³/mol. The van der Waals surface area contributed by atoms with Crippen LogP contribution in [-0.4, -0.2) is 69.9 Å². The fourth-order valence-electron chi connectivity index (χ4n) is 4.21. The smallest absolute Gasteiger partial charge is 0.217 e. The summed E-state index contributed by atoms with van der Waals surface area (Å²) in [5.41, 5.74) is 2.36. The molecule has 168 valence electrons. The second kappa shape index (κ2) is 7.14. The van der Waals surface area contributed by atoms with E-state index in [0.29, 0.717) is 26.2 Å². The number of hydrogen-bond donors (Lipinski definition) is 1. The molecule has 3 aromatic rings. The van der Waals surface area contributed by atoms with Gasteiger partial charge in [-0.15, -0.1) is 0 Å². The molecule has 2 aliphatic carbocycles. The highest BCUT2D eigenvalue weighted by Gasteiger charge is 2.41. The summed E-state index contributed by atoms with van der Waals surface area (Å²) in [5.74, 6) is 1.62. The molecular formula is C22H26N6O3S. The first-order valence-corrected chi connectivity index (χ1v) is 12.7. The summed E-state index contributed by atoms with van der Waals surface area (Å²) in [5, 5.41) is 8.37. The van der Waals surface area contributed by atoms with Gasteiger partial charge in [-0.05, 0) is 50.8 Å². The molecule has 3 aliphatic rings. The molecule has 1 saturated heterocycles. The fourth-order valence-corrected chi connectivity index (χ4v) is 6.04. The Morgan fingerprint density at radius 2 is 1.88 bits per heavy atom. The van der Waals surface area contributed by atoms with Crippen LogP contribution < -0.4 is 9.64 Å². The van der Waals surface area contributed by atoms with E-state index in [1.54, 1.807) is 10.6 Å². The molecule has 0 spiro atoms. The molecule has 6 rings (SSSR count). The van der Waals surface area contributed by atoms with Crippen molar-refractivity contribution in [1.82, 2.24) is 24.5 Å². The number of piperazine rings is 1.